The average molecular weight is 1240 g/mol. The van der Waals surface area contributed by atoms with Crippen molar-refractivity contribution in [3.63, 3.8) is 0 Å². The normalized spacial score (nSPS) is 13.1. The van der Waals surface area contributed by atoms with Gasteiger partial charge in [-0.25, -0.2) is 10.2 Å². The summed E-state index contributed by atoms with van der Waals surface area (Å²) in [6.45, 7) is 3.24. The highest BCUT2D eigenvalue weighted by Crippen LogP contribution is 2.22. The van der Waals surface area contributed by atoms with Gasteiger partial charge in [0.05, 0.1) is 18.1 Å². The van der Waals surface area contributed by atoms with E-state index in [4.69, 9.17) is 17.2 Å². The molecule has 4 unspecified atom stereocenters. The minimum Gasteiger partial charge on any atom is -0.344 e. The number of rotatable bonds is 46. The molecule has 0 fully saturated rings. The molecule has 0 spiro atoms. The molecule has 0 aromatic heterocycles. The van der Waals surface area contributed by atoms with E-state index in [0.717, 1.165) is 11.1 Å². The van der Waals surface area contributed by atoms with Crippen LogP contribution in [0.2, 0.25) is 0 Å². The first-order chi connectivity index (χ1) is 41.6. The Labute approximate surface area is 520 Å². The van der Waals surface area contributed by atoms with E-state index < -0.39 is 71.4 Å². The number of anilines is 2. The SMILES string of the molecule is CSCC(N)C(=O)CCCCCC(CC(=O)CCCC(=O)CC(CCCCCC(=O)C(N)CSC)C(=O)NC(=O)Nc1ccc(CC(C)=O)cc1)C(=O)NN[C@@H](Cc1ccccc1)C(=O)N[C@@H](CCCCN)C(=O)C(=O)Nc1ccc(CC(C)=O)cc1. The van der Waals surface area contributed by atoms with Crippen molar-refractivity contribution < 1.29 is 57.5 Å². The van der Waals surface area contributed by atoms with Crippen LogP contribution in [0.5, 0.6) is 0 Å². The van der Waals surface area contributed by atoms with Crippen molar-refractivity contribution in [3.05, 3.63) is 95.6 Å². The van der Waals surface area contributed by atoms with Crippen molar-refractivity contribution in [3.8, 4) is 0 Å². The molecule has 0 aliphatic carbocycles. The zero-order valence-electron chi connectivity index (χ0n) is 50.9. The average Bonchev–Trinajstić information content (AvgIpc) is 3.43. The lowest BCUT2D eigenvalue weighted by atomic mass is 9.91. The van der Waals surface area contributed by atoms with Gasteiger partial charge in [0, 0.05) is 86.1 Å². The molecule has 0 saturated carbocycles. The fourth-order valence-electron chi connectivity index (χ4n) is 9.60. The van der Waals surface area contributed by atoms with E-state index in [0.29, 0.717) is 86.4 Å². The number of urea groups is 1. The number of thioether (sulfide) groups is 2. The lowest BCUT2D eigenvalue weighted by molar-refractivity contribution is -0.138. The summed E-state index contributed by atoms with van der Waals surface area (Å²) in [5.41, 5.74) is 26.1. The first-order valence-electron chi connectivity index (χ1n) is 29.9. The third-order valence-electron chi connectivity index (χ3n) is 14.4. The second-order valence-corrected chi connectivity index (χ2v) is 23.9. The molecule has 0 aliphatic rings. The molecule has 3 rings (SSSR count). The van der Waals surface area contributed by atoms with Crippen LogP contribution >= 0.6 is 23.5 Å². The number of imide groups is 1. The standard InChI is InChI=1S/C64H91N9O12S2/c1-42(74)35-45-26-30-49(31-27-45)68-63(84)59(80)55(23-14-15-34-65)70-62(83)56(37-44-17-8-5-9-18-44)72-73-61(82)48(20-11-7-13-25-58(79)54(67)41-87-4)39-52(77)22-16-21-51(76)38-47(19-10-6-12-24-57(78)53(66)40-86-3)60(81)71-64(85)69-50-32-28-46(29-33-50)36-43(2)75/h5,8-9,17-18,26-33,47-48,53-56,72H,6-7,10-16,19-25,34-41,65-67H2,1-4H3,(H,68,84)(H,70,83)(H,73,82)(H2,69,71,81,85)/t47?,48?,53?,54?,55-,56-/m0/s1. The van der Waals surface area contributed by atoms with Crippen LogP contribution in [0.4, 0.5) is 16.2 Å². The van der Waals surface area contributed by atoms with Crippen molar-refractivity contribution in [1.29, 1.82) is 0 Å². The maximum atomic E-state index is 14.3. The molecule has 0 heterocycles. The summed E-state index contributed by atoms with van der Waals surface area (Å²) in [4.78, 5) is 158. The van der Waals surface area contributed by atoms with E-state index in [2.05, 4.69) is 32.1 Å². The molecule has 12 N–H and O–H groups in total. The Bertz CT molecular complexity index is 2730. The minimum atomic E-state index is -1.27. The van der Waals surface area contributed by atoms with Crippen molar-refractivity contribution in [2.75, 3.05) is 41.2 Å². The number of ketones is 7. The summed E-state index contributed by atoms with van der Waals surface area (Å²) in [6, 6.07) is 17.5. The Morgan fingerprint density at radius 2 is 0.977 bits per heavy atom. The lowest BCUT2D eigenvalue weighted by Crippen LogP contribution is -2.57. The van der Waals surface area contributed by atoms with Gasteiger partial charge in [-0.2, -0.15) is 23.5 Å². The molecule has 3 aromatic carbocycles. The summed E-state index contributed by atoms with van der Waals surface area (Å²) in [7, 11) is 0. The number of unbranched alkanes of at least 4 members (excludes halogenated alkanes) is 5. The molecule has 87 heavy (non-hydrogen) atoms. The largest absolute Gasteiger partial charge is 0.344 e. The van der Waals surface area contributed by atoms with Crippen LogP contribution in [0.1, 0.15) is 146 Å². The summed E-state index contributed by atoms with van der Waals surface area (Å²) in [5.74, 6) is -5.56. The molecule has 6 amide bonds. The van der Waals surface area contributed by atoms with Crippen molar-refractivity contribution in [1.82, 2.24) is 21.5 Å². The Morgan fingerprint density at radius 1 is 0.494 bits per heavy atom. The number of nitrogens with two attached hydrogens (primary N) is 3. The Hall–Kier alpha value is -6.76. The van der Waals surface area contributed by atoms with Crippen LogP contribution in [-0.2, 0) is 72.0 Å². The van der Waals surface area contributed by atoms with Crippen LogP contribution in [0, 0.1) is 11.8 Å². The van der Waals surface area contributed by atoms with Crippen molar-refractivity contribution in [2.45, 2.75) is 173 Å². The van der Waals surface area contributed by atoms with Crippen LogP contribution in [0.25, 0.3) is 0 Å². The molecular formula is C64H91N9O12S2. The van der Waals surface area contributed by atoms with Gasteiger partial charge in [-0.05, 0) is 132 Å². The quantitative estimate of drug-likeness (QED) is 0.0168. The second kappa shape index (κ2) is 42.2. The molecule has 21 nitrogen and oxygen atoms in total. The van der Waals surface area contributed by atoms with Gasteiger partial charge in [-0.1, -0.05) is 80.3 Å². The Morgan fingerprint density at radius 3 is 1.46 bits per heavy atom. The van der Waals surface area contributed by atoms with Crippen molar-refractivity contribution in [2.24, 2.45) is 29.0 Å². The third kappa shape index (κ3) is 31.1. The van der Waals surface area contributed by atoms with Crippen LogP contribution in [0.3, 0.4) is 0 Å². The third-order valence-corrected chi connectivity index (χ3v) is 15.8. The molecule has 0 saturated heterocycles. The van der Waals surface area contributed by atoms with Gasteiger partial charge in [-0.15, -0.1) is 0 Å². The Kier molecular flexibility index (Phi) is 36.1. The maximum absolute atomic E-state index is 14.3. The lowest BCUT2D eigenvalue weighted by Gasteiger charge is -2.24. The topological polar surface area (TPSA) is 355 Å². The zero-order chi connectivity index (χ0) is 64.1. The Balaban J connectivity index is 1.76. The fourth-order valence-corrected chi connectivity index (χ4v) is 10.7. The number of carbonyl (C=O) groups excluding carboxylic acids is 12. The highest BCUT2D eigenvalue weighted by atomic mass is 32.2. The van der Waals surface area contributed by atoms with E-state index in [1.54, 1.807) is 78.9 Å². The first-order valence-corrected chi connectivity index (χ1v) is 32.7. The monoisotopic (exact) mass is 1240 g/mol. The van der Waals surface area contributed by atoms with Gasteiger partial charge in [0.15, 0.2) is 0 Å². The highest BCUT2D eigenvalue weighted by Gasteiger charge is 2.31. The molecule has 0 radical (unpaired) electrons. The number of hydrazine groups is 1. The van der Waals surface area contributed by atoms with Gasteiger partial charge in [0.2, 0.25) is 23.5 Å². The molecule has 3 aromatic rings. The van der Waals surface area contributed by atoms with Crippen LogP contribution in [-0.4, -0.2) is 125 Å². The smallest absolute Gasteiger partial charge is 0.325 e. The van der Waals surface area contributed by atoms with E-state index in [1.807, 2.05) is 12.5 Å². The number of hydrogen-bond donors (Lipinski definition) is 9. The van der Waals surface area contributed by atoms with E-state index in [-0.39, 0.29) is 118 Å². The summed E-state index contributed by atoms with van der Waals surface area (Å²) in [5, 5.41) is 10.2. The first kappa shape index (κ1) is 74.5. The molecular weight excluding hydrogens is 1150 g/mol. The zero-order valence-corrected chi connectivity index (χ0v) is 52.5. The fraction of sp³-hybridized carbons (Fsp3) is 0.531. The van der Waals surface area contributed by atoms with Crippen LogP contribution < -0.4 is 49.3 Å². The van der Waals surface area contributed by atoms with E-state index in [1.165, 1.54) is 37.4 Å². The second-order valence-electron chi connectivity index (χ2n) is 22.1. The predicted molar refractivity (Wildman–Crippen MR) is 341 cm³/mol. The number of hydrogen-bond acceptors (Lipinski definition) is 18. The van der Waals surface area contributed by atoms with Gasteiger partial charge in [0.25, 0.3) is 5.91 Å². The van der Waals surface area contributed by atoms with Gasteiger partial charge >= 0.3 is 6.03 Å². The summed E-state index contributed by atoms with van der Waals surface area (Å²) < 4.78 is 0. The molecule has 0 bridgehead atoms. The number of Topliss-reactive ketones (excluding diaryl/α,β-unsaturated/α-hetero) is 7. The van der Waals surface area contributed by atoms with Gasteiger partial charge in [-0.3, -0.25) is 63.5 Å². The predicted octanol–water partition coefficient (Wildman–Crippen LogP) is 6.39. The molecule has 6 atom stereocenters. The van der Waals surface area contributed by atoms with E-state index >= 15 is 0 Å². The summed E-state index contributed by atoms with van der Waals surface area (Å²) >= 11 is 2.95. The van der Waals surface area contributed by atoms with Gasteiger partial charge < -0.3 is 33.2 Å². The highest BCUT2D eigenvalue weighted by molar-refractivity contribution is 7.98. The van der Waals surface area contributed by atoms with Crippen LogP contribution in [0.15, 0.2) is 78.9 Å². The number of nitrogens with one attached hydrogen (secondary N) is 6. The molecule has 476 valence electrons. The number of carbonyl (C=O) groups is 12. The number of benzene rings is 3. The van der Waals surface area contributed by atoms with Crippen molar-refractivity contribution >= 4 is 105 Å². The van der Waals surface area contributed by atoms with Gasteiger partial charge in [0.1, 0.15) is 40.7 Å². The number of amides is 6. The molecule has 0 aliphatic heterocycles. The summed E-state index contributed by atoms with van der Waals surface area (Å²) in [6.07, 6.45) is 8.71. The maximum Gasteiger partial charge on any atom is 0.325 e. The molecule has 23 heteroatoms. The minimum absolute atomic E-state index is 0.0252. The van der Waals surface area contributed by atoms with E-state index in [9.17, 15) is 57.5 Å².